The van der Waals surface area contributed by atoms with E-state index in [0.717, 1.165) is 140 Å². The van der Waals surface area contributed by atoms with Crippen LogP contribution in [0.3, 0.4) is 0 Å². The first-order valence-corrected chi connectivity index (χ1v) is 31.8. The fourth-order valence-corrected chi connectivity index (χ4v) is 15.7. The lowest BCUT2D eigenvalue weighted by Crippen LogP contribution is -2.61. The van der Waals surface area contributed by atoms with Crippen LogP contribution in [-0.4, -0.2) is 119 Å². The first kappa shape index (κ1) is 55.8. The van der Waals surface area contributed by atoms with Gasteiger partial charge in [0.15, 0.2) is 15.4 Å². The molecule has 0 atom stereocenters. The van der Waals surface area contributed by atoms with Crippen molar-refractivity contribution in [2.45, 2.75) is 102 Å². The van der Waals surface area contributed by atoms with Crippen LogP contribution >= 0.6 is 34.0 Å². The van der Waals surface area contributed by atoms with E-state index in [4.69, 9.17) is 19.9 Å². The largest absolute Gasteiger partial charge is 0.359 e. The zero-order chi connectivity index (χ0) is 57.9. The Morgan fingerprint density at radius 1 is 0.560 bits per heavy atom. The van der Waals surface area contributed by atoms with Crippen molar-refractivity contribution in [3.63, 3.8) is 0 Å². The van der Waals surface area contributed by atoms with E-state index < -0.39 is 0 Å². The van der Waals surface area contributed by atoms with Crippen LogP contribution in [-0.2, 0) is 14.1 Å². The number of aromatic amines is 1. The first-order valence-electron chi connectivity index (χ1n) is 29.4. The van der Waals surface area contributed by atoms with Gasteiger partial charge in [-0.2, -0.15) is 15.3 Å². The number of aryl methyl sites for hydroxylation is 3. The molecule has 0 bridgehead atoms. The number of nitrogens with one attached hydrogen (secondary N) is 5. The SMILES string of the molecule is CN(c1nc2ccc(-c3ccc4[nH]ncc4c3)cc2s1)C1CC(C)(C)NC(C)(C)C1.Cc1cc(-c2ccc3nc(N(C)C4CCNCC4)sc3n2)cc2cn(C)nc12.Cn1cc2cc(-c3ccc4nc(NC5CCNCC5)sc4c3)ccc2n1. The summed E-state index contributed by atoms with van der Waals surface area (Å²) in [5.41, 5.74) is 14.6. The number of benzene rings is 5. The summed E-state index contributed by atoms with van der Waals surface area (Å²) >= 11 is 5.22. The second-order valence-electron chi connectivity index (χ2n) is 24.5. The minimum atomic E-state index is 0.121. The molecule has 16 nitrogen and oxygen atoms in total. The molecule has 3 aliphatic heterocycles. The number of hydrogen-bond donors (Lipinski definition) is 5. The van der Waals surface area contributed by atoms with Gasteiger partial charge in [-0.1, -0.05) is 58.3 Å². The Bertz CT molecular complexity index is 4300. The van der Waals surface area contributed by atoms with Crippen LogP contribution in [0, 0.1) is 6.92 Å². The zero-order valence-corrected chi connectivity index (χ0v) is 51.9. The van der Waals surface area contributed by atoms with E-state index in [0.29, 0.717) is 18.1 Å². The lowest BCUT2D eigenvalue weighted by molar-refractivity contribution is 0.161. The van der Waals surface area contributed by atoms with Gasteiger partial charge in [-0.15, -0.1) is 0 Å². The Kier molecular flexibility index (Phi) is 15.2. The van der Waals surface area contributed by atoms with Gasteiger partial charge in [-0.25, -0.2) is 19.9 Å². The molecule has 19 heteroatoms. The van der Waals surface area contributed by atoms with Gasteiger partial charge < -0.3 is 31.1 Å². The van der Waals surface area contributed by atoms with Crippen LogP contribution in [0.4, 0.5) is 15.4 Å². The maximum atomic E-state index is 4.97. The summed E-state index contributed by atoms with van der Waals surface area (Å²) < 4.78 is 6.18. The maximum absolute atomic E-state index is 4.97. The van der Waals surface area contributed by atoms with E-state index >= 15 is 0 Å². The normalized spacial score (nSPS) is 16.8. The summed E-state index contributed by atoms with van der Waals surface area (Å²) in [6, 6.07) is 36.1. The van der Waals surface area contributed by atoms with E-state index in [1.54, 1.807) is 34.0 Å². The second kappa shape index (κ2) is 22.9. The molecule has 5 aromatic carbocycles. The highest BCUT2D eigenvalue weighted by Gasteiger charge is 2.40. The summed E-state index contributed by atoms with van der Waals surface area (Å²) in [5.74, 6) is 0. The third-order valence-corrected chi connectivity index (χ3v) is 19.9. The second-order valence-corrected chi connectivity index (χ2v) is 27.5. The Hall–Kier alpha value is -7.39. The molecule has 15 rings (SSSR count). The van der Waals surface area contributed by atoms with Crippen LogP contribution < -0.4 is 31.1 Å². The molecule has 432 valence electrons. The summed E-state index contributed by atoms with van der Waals surface area (Å²) in [6.45, 7) is 15.7. The van der Waals surface area contributed by atoms with Gasteiger partial charge in [-0.05, 0) is 200 Å². The van der Waals surface area contributed by atoms with E-state index in [-0.39, 0.29) is 11.1 Å². The van der Waals surface area contributed by atoms with Gasteiger partial charge in [0, 0.05) is 91.5 Å². The molecule has 0 unspecified atom stereocenters. The van der Waals surface area contributed by atoms with E-state index in [1.807, 2.05) is 29.7 Å². The molecule has 5 N–H and O–H groups in total. The number of H-pyrrole nitrogens is 1. The molecule has 0 aliphatic carbocycles. The summed E-state index contributed by atoms with van der Waals surface area (Å²) in [7, 11) is 8.28. The Morgan fingerprint density at radius 3 is 1.87 bits per heavy atom. The highest BCUT2D eigenvalue weighted by Crippen LogP contribution is 2.39. The molecule has 0 amide bonds. The van der Waals surface area contributed by atoms with Crippen LogP contribution in [0.2, 0.25) is 0 Å². The molecule has 12 aromatic rings. The van der Waals surface area contributed by atoms with Gasteiger partial charge >= 0.3 is 0 Å². The first-order chi connectivity index (χ1) is 40.5. The number of rotatable bonds is 9. The van der Waals surface area contributed by atoms with Crippen LogP contribution in [0.15, 0.2) is 116 Å². The standard InChI is InChI=1S/C24H29N5S.C21H24N6S.C20H21N5S/c1-23(2)12-18(13-24(3,4)28-23)29(5)22-26-20-9-7-16(11-21(20)30-22)15-6-8-19-17(10-15)14-25-27-19;1-13-10-14(11-15-12-26(2)25-19(13)15)17-4-5-18-20(23-17)28-21(24-18)27(3)16-6-8-22-9-7-16;1-25-12-15-10-13(2-4-17(15)24-25)14-3-5-18-19(11-14)26-20(23-18)22-16-6-8-21-9-7-16/h6-11,14,18,28H,12-13H2,1-5H3,(H,25,27);4-5,10-12,16,22H,6-9H2,1-3H3;2-5,10-12,16,21H,6-9H2,1H3,(H,22,23). The number of aromatic nitrogens is 10. The third kappa shape index (κ3) is 12.0. The molecule has 3 saturated heterocycles. The molecular formula is C65H74N16S3. The number of hydrogen-bond acceptors (Lipinski definition) is 16. The van der Waals surface area contributed by atoms with Crippen molar-refractivity contribution in [2.24, 2.45) is 14.1 Å². The number of anilines is 3. The van der Waals surface area contributed by atoms with Crippen molar-refractivity contribution in [1.82, 2.24) is 65.6 Å². The topological polar surface area (TPSA) is 170 Å². The maximum Gasteiger partial charge on any atom is 0.187 e. The Labute approximate surface area is 502 Å². The van der Waals surface area contributed by atoms with Gasteiger partial charge in [-0.3, -0.25) is 14.5 Å². The van der Waals surface area contributed by atoms with Crippen molar-refractivity contribution >= 4 is 113 Å². The van der Waals surface area contributed by atoms with Crippen LogP contribution in [0.1, 0.15) is 71.8 Å². The average molecular weight is 1180 g/mol. The number of nitrogens with zero attached hydrogens (tertiary/aromatic N) is 11. The lowest BCUT2D eigenvalue weighted by Gasteiger charge is -2.48. The summed E-state index contributed by atoms with van der Waals surface area (Å²) in [5, 5.41) is 37.0. The molecular weight excluding hydrogens is 1100 g/mol. The summed E-state index contributed by atoms with van der Waals surface area (Å²) in [6.07, 6.45) is 12.9. The Balaban J connectivity index is 0.000000118. The molecule has 84 heavy (non-hydrogen) atoms. The van der Waals surface area contributed by atoms with Crippen molar-refractivity contribution < 1.29 is 0 Å². The average Bonchev–Trinajstić information content (AvgIpc) is 4.31. The molecule has 0 radical (unpaired) electrons. The number of piperidine rings is 3. The molecule has 3 aliphatic rings. The number of thiazole rings is 3. The molecule has 0 spiro atoms. The smallest absolute Gasteiger partial charge is 0.187 e. The third-order valence-electron chi connectivity index (χ3n) is 16.8. The fourth-order valence-electron chi connectivity index (χ4n) is 12.7. The highest BCUT2D eigenvalue weighted by molar-refractivity contribution is 7.22. The van der Waals surface area contributed by atoms with Crippen LogP contribution in [0.5, 0.6) is 0 Å². The predicted molar refractivity (Wildman–Crippen MR) is 352 cm³/mol. The quantitative estimate of drug-likeness (QED) is 0.0926. The minimum absolute atomic E-state index is 0.121. The Morgan fingerprint density at radius 2 is 1.13 bits per heavy atom. The summed E-state index contributed by atoms with van der Waals surface area (Å²) in [4.78, 5) is 25.2. The number of pyridine rings is 1. The van der Waals surface area contributed by atoms with E-state index in [2.05, 4.69) is 210 Å². The molecule has 0 saturated carbocycles. The van der Waals surface area contributed by atoms with Gasteiger partial charge in [0.1, 0.15) is 10.3 Å². The zero-order valence-electron chi connectivity index (χ0n) is 49.4. The van der Waals surface area contributed by atoms with Crippen molar-refractivity contribution in [3.05, 3.63) is 121 Å². The monoisotopic (exact) mass is 1170 g/mol. The lowest BCUT2D eigenvalue weighted by atomic mass is 9.79. The molecule has 7 aromatic heterocycles. The van der Waals surface area contributed by atoms with Crippen LogP contribution in [0.25, 0.3) is 97.0 Å². The fraction of sp³-hybridized carbons (Fsp3) is 0.369. The molecule has 3 fully saturated rings. The van der Waals surface area contributed by atoms with Gasteiger partial charge in [0.25, 0.3) is 0 Å². The predicted octanol–water partition coefficient (Wildman–Crippen LogP) is 13.3. The highest BCUT2D eigenvalue weighted by atomic mass is 32.1. The van der Waals surface area contributed by atoms with Crippen molar-refractivity contribution in [1.29, 1.82) is 0 Å². The van der Waals surface area contributed by atoms with Crippen molar-refractivity contribution in [3.8, 4) is 33.5 Å². The molecule has 10 heterocycles. The van der Waals surface area contributed by atoms with Gasteiger partial charge in [0.05, 0.1) is 48.9 Å². The van der Waals surface area contributed by atoms with Gasteiger partial charge in [0.2, 0.25) is 0 Å². The number of fused-ring (bicyclic) bond motifs is 6. The van der Waals surface area contributed by atoms with E-state index in [9.17, 15) is 0 Å². The van der Waals surface area contributed by atoms with Crippen molar-refractivity contribution in [2.75, 3.05) is 55.4 Å². The van der Waals surface area contributed by atoms with E-state index in [1.165, 1.54) is 42.6 Å². The minimum Gasteiger partial charge on any atom is -0.359 e.